The Hall–Kier alpha value is -2.15. The second kappa shape index (κ2) is 4.26. The van der Waals surface area contributed by atoms with Crippen LogP contribution in [0.2, 0.25) is 0 Å². The highest BCUT2D eigenvalue weighted by molar-refractivity contribution is 5.59. The maximum atomic E-state index is 8.81. The molecule has 0 aliphatic heterocycles. The van der Waals surface area contributed by atoms with E-state index in [-0.39, 0.29) is 0 Å². The molecule has 0 bridgehead atoms. The normalized spacial score (nSPS) is 21.6. The van der Waals surface area contributed by atoms with E-state index in [0.717, 1.165) is 23.4 Å². The first-order valence-electron chi connectivity index (χ1n) is 6.08. The van der Waals surface area contributed by atoms with Crippen LogP contribution in [0.15, 0.2) is 28.8 Å². The Morgan fingerprint density at radius 3 is 2.94 bits per heavy atom. The molecule has 2 aromatic rings. The van der Waals surface area contributed by atoms with E-state index in [9.17, 15) is 0 Å². The molecule has 1 saturated carbocycles. The molecule has 3 rings (SSSR count). The van der Waals surface area contributed by atoms with Gasteiger partial charge in [-0.3, -0.25) is 0 Å². The highest BCUT2D eigenvalue weighted by atomic mass is 16.5. The SMILES string of the molecule is CC1CC1c1noc(-c2ccccc2CC#N)n1. The van der Waals surface area contributed by atoms with Gasteiger partial charge in [-0.25, -0.2) is 0 Å². The zero-order valence-electron chi connectivity index (χ0n) is 10.1. The molecule has 0 amide bonds. The summed E-state index contributed by atoms with van der Waals surface area (Å²) < 4.78 is 5.32. The van der Waals surface area contributed by atoms with Gasteiger partial charge in [0.25, 0.3) is 5.89 Å². The monoisotopic (exact) mass is 239 g/mol. The van der Waals surface area contributed by atoms with Gasteiger partial charge in [-0.1, -0.05) is 30.3 Å². The Bertz CT molecular complexity index is 611. The van der Waals surface area contributed by atoms with Crippen LogP contribution in [-0.4, -0.2) is 10.1 Å². The molecule has 0 radical (unpaired) electrons. The first kappa shape index (κ1) is 11.0. The van der Waals surface area contributed by atoms with Gasteiger partial charge in [0, 0.05) is 11.5 Å². The molecule has 1 fully saturated rings. The Morgan fingerprint density at radius 2 is 2.22 bits per heavy atom. The molecule has 0 N–H and O–H groups in total. The Kier molecular flexibility index (Phi) is 2.60. The van der Waals surface area contributed by atoms with Gasteiger partial charge >= 0.3 is 0 Å². The summed E-state index contributed by atoms with van der Waals surface area (Å²) in [5, 5.41) is 12.8. The molecule has 0 saturated heterocycles. The topological polar surface area (TPSA) is 62.7 Å². The van der Waals surface area contributed by atoms with Crippen LogP contribution in [0, 0.1) is 17.2 Å². The quantitative estimate of drug-likeness (QED) is 0.826. The minimum absolute atomic E-state index is 0.355. The largest absolute Gasteiger partial charge is 0.334 e. The Balaban J connectivity index is 1.95. The predicted molar refractivity (Wildman–Crippen MR) is 65.6 cm³/mol. The van der Waals surface area contributed by atoms with Gasteiger partial charge in [0.15, 0.2) is 5.82 Å². The molecule has 1 aliphatic carbocycles. The number of nitrogens with zero attached hydrogens (tertiary/aromatic N) is 3. The maximum Gasteiger partial charge on any atom is 0.258 e. The number of aromatic nitrogens is 2. The Morgan fingerprint density at radius 1 is 1.44 bits per heavy atom. The van der Waals surface area contributed by atoms with Crippen LogP contribution in [0.5, 0.6) is 0 Å². The molecule has 1 aliphatic rings. The summed E-state index contributed by atoms with van der Waals surface area (Å²) >= 11 is 0. The van der Waals surface area contributed by atoms with Gasteiger partial charge in [0.2, 0.25) is 0 Å². The van der Waals surface area contributed by atoms with E-state index in [1.54, 1.807) is 0 Å². The van der Waals surface area contributed by atoms with Crippen LogP contribution in [0.3, 0.4) is 0 Å². The van der Waals surface area contributed by atoms with Crippen LogP contribution >= 0.6 is 0 Å². The van der Waals surface area contributed by atoms with Crippen LogP contribution in [0.25, 0.3) is 11.5 Å². The van der Waals surface area contributed by atoms with Crippen molar-refractivity contribution in [1.29, 1.82) is 5.26 Å². The zero-order valence-corrected chi connectivity index (χ0v) is 10.1. The van der Waals surface area contributed by atoms with Gasteiger partial charge < -0.3 is 4.52 Å². The fourth-order valence-corrected chi connectivity index (χ4v) is 2.15. The first-order valence-corrected chi connectivity index (χ1v) is 6.08. The van der Waals surface area contributed by atoms with Crippen molar-refractivity contribution in [3.8, 4) is 17.5 Å². The summed E-state index contributed by atoms with van der Waals surface area (Å²) in [5.41, 5.74) is 1.80. The molecule has 4 nitrogen and oxygen atoms in total. The number of hydrogen-bond acceptors (Lipinski definition) is 4. The lowest BCUT2D eigenvalue weighted by molar-refractivity contribution is 0.421. The van der Waals surface area contributed by atoms with E-state index in [4.69, 9.17) is 9.78 Å². The maximum absolute atomic E-state index is 8.81. The number of nitriles is 1. The molecule has 2 unspecified atom stereocenters. The van der Waals surface area contributed by atoms with Crippen molar-refractivity contribution in [3.05, 3.63) is 35.7 Å². The fraction of sp³-hybridized carbons (Fsp3) is 0.357. The molecule has 1 aromatic heterocycles. The summed E-state index contributed by atoms with van der Waals surface area (Å²) in [5.74, 6) is 2.43. The second-order valence-electron chi connectivity index (χ2n) is 4.77. The number of hydrogen-bond donors (Lipinski definition) is 0. The number of rotatable bonds is 3. The average Bonchev–Trinajstić information content (AvgIpc) is 2.92. The van der Waals surface area contributed by atoms with Crippen molar-refractivity contribution >= 4 is 0 Å². The summed E-state index contributed by atoms with van der Waals surface area (Å²) in [4.78, 5) is 4.45. The van der Waals surface area contributed by atoms with Crippen molar-refractivity contribution in [2.24, 2.45) is 5.92 Å². The van der Waals surface area contributed by atoms with Crippen LogP contribution in [0.1, 0.15) is 30.7 Å². The van der Waals surface area contributed by atoms with Crippen LogP contribution in [-0.2, 0) is 6.42 Å². The van der Waals surface area contributed by atoms with E-state index in [2.05, 4.69) is 23.1 Å². The van der Waals surface area contributed by atoms with E-state index in [1.807, 2.05) is 24.3 Å². The molecule has 1 heterocycles. The lowest BCUT2D eigenvalue weighted by Crippen LogP contribution is -1.89. The summed E-state index contributed by atoms with van der Waals surface area (Å²) in [6.45, 7) is 2.18. The molecule has 0 spiro atoms. The molecule has 90 valence electrons. The van der Waals surface area contributed by atoms with Crippen LogP contribution in [0.4, 0.5) is 0 Å². The van der Waals surface area contributed by atoms with E-state index >= 15 is 0 Å². The van der Waals surface area contributed by atoms with E-state index in [1.165, 1.54) is 0 Å². The van der Waals surface area contributed by atoms with E-state index in [0.29, 0.717) is 24.1 Å². The highest BCUT2D eigenvalue weighted by Crippen LogP contribution is 2.45. The summed E-state index contributed by atoms with van der Waals surface area (Å²) in [6.07, 6.45) is 1.49. The standard InChI is InChI=1S/C14H13N3O/c1-9-8-12(9)13-16-14(18-17-13)11-5-3-2-4-10(11)6-7-15/h2-5,9,12H,6,8H2,1H3. The van der Waals surface area contributed by atoms with Gasteiger partial charge in [-0.15, -0.1) is 0 Å². The zero-order chi connectivity index (χ0) is 12.5. The Labute approximate surface area is 105 Å². The molecule has 18 heavy (non-hydrogen) atoms. The highest BCUT2D eigenvalue weighted by Gasteiger charge is 2.38. The molecule has 1 aromatic carbocycles. The third kappa shape index (κ3) is 1.88. The minimum atomic E-state index is 0.355. The van der Waals surface area contributed by atoms with Crippen LogP contribution < -0.4 is 0 Å². The van der Waals surface area contributed by atoms with Crippen molar-refractivity contribution in [3.63, 3.8) is 0 Å². The molecular formula is C14H13N3O. The molecular weight excluding hydrogens is 226 g/mol. The van der Waals surface area contributed by atoms with Gasteiger partial charge in [0.1, 0.15) is 0 Å². The lowest BCUT2D eigenvalue weighted by atomic mass is 10.1. The third-order valence-corrected chi connectivity index (χ3v) is 3.40. The van der Waals surface area contributed by atoms with Crippen molar-refractivity contribution in [2.45, 2.75) is 25.7 Å². The molecule has 4 heteroatoms. The first-order chi connectivity index (χ1) is 8.79. The summed E-state index contributed by atoms with van der Waals surface area (Å²) in [7, 11) is 0. The predicted octanol–water partition coefficient (Wildman–Crippen LogP) is 2.93. The smallest absolute Gasteiger partial charge is 0.258 e. The second-order valence-corrected chi connectivity index (χ2v) is 4.77. The molecule has 2 atom stereocenters. The average molecular weight is 239 g/mol. The number of benzene rings is 1. The van der Waals surface area contributed by atoms with Crippen molar-refractivity contribution < 1.29 is 4.52 Å². The van der Waals surface area contributed by atoms with Crippen molar-refractivity contribution in [1.82, 2.24) is 10.1 Å². The summed E-state index contributed by atoms with van der Waals surface area (Å²) in [6, 6.07) is 9.82. The fourth-order valence-electron chi connectivity index (χ4n) is 2.15. The lowest BCUT2D eigenvalue weighted by Gasteiger charge is -2.00. The van der Waals surface area contributed by atoms with E-state index < -0.39 is 0 Å². The van der Waals surface area contributed by atoms with Gasteiger partial charge in [-0.2, -0.15) is 10.2 Å². The van der Waals surface area contributed by atoms with Crippen molar-refractivity contribution in [2.75, 3.05) is 0 Å². The third-order valence-electron chi connectivity index (χ3n) is 3.40. The van der Waals surface area contributed by atoms with Gasteiger partial charge in [0.05, 0.1) is 12.5 Å². The minimum Gasteiger partial charge on any atom is -0.334 e. The van der Waals surface area contributed by atoms with Gasteiger partial charge in [-0.05, 0) is 24.0 Å².